The minimum Gasteiger partial charge on any atom is -0.396 e. The lowest BCUT2D eigenvalue weighted by molar-refractivity contribution is 0.0338. The van der Waals surface area contributed by atoms with Crippen molar-refractivity contribution < 1.29 is 9.90 Å². The number of carbonyl (C=O) groups excluding carboxylic acids is 1. The number of carbonyl (C=O) groups is 1. The molecule has 7 heteroatoms. The predicted molar refractivity (Wildman–Crippen MR) is 84.1 cm³/mol. The van der Waals surface area contributed by atoms with Gasteiger partial charge in [-0.05, 0) is 47.2 Å². The van der Waals surface area contributed by atoms with Gasteiger partial charge in [-0.25, -0.2) is 0 Å². The topological polar surface area (TPSA) is 84.1 Å². The molecule has 0 atom stereocenters. The van der Waals surface area contributed by atoms with Gasteiger partial charge >= 0.3 is 0 Å². The van der Waals surface area contributed by atoms with Gasteiger partial charge in [0, 0.05) is 19.7 Å². The highest BCUT2D eigenvalue weighted by Gasteiger charge is 2.34. The molecule has 1 aromatic carbocycles. The first-order valence-electron chi connectivity index (χ1n) is 7.92. The highest BCUT2D eigenvalue weighted by molar-refractivity contribution is 5.97. The molecule has 3 rings (SSSR count). The molecule has 122 valence electrons. The zero-order valence-electron chi connectivity index (χ0n) is 13.2. The Labute approximate surface area is 134 Å². The van der Waals surface area contributed by atoms with Crippen LogP contribution in [-0.2, 0) is 0 Å². The third kappa shape index (κ3) is 2.96. The summed E-state index contributed by atoms with van der Waals surface area (Å²) < 4.78 is 1.50. The second-order valence-electron chi connectivity index (χ2n) is 6.08. The molecule has 1 aromatic heterocycles. The molecule has 1 aliphatic rings. The van der Waals surface area contributed by atoms with Gasteiger partial charge < -0.3 is 10.0 Å². The molecule has 0 saturated carbocycles. The van der Waals surface area contributed by atoms with Crippen molar-refractivity contribution in [1.29, 1.82) is 0 Å². The number of hydrogen-bond donors (Lipinski definition) is 1. The van der Waals surface area contributed by atoms with Crippen molar-refractivity contribution in [1.82, 2.24) is 25.1 Å². The van der Waals surface area contributed by atoms with Crippen LogP contribution in [0.25, 0.3) is 5.69 Å². The maximum atomic E-state index is 12.9. The van der Waals surface area contributed by atoms with Gasteiger partial charge in [0.1, 0.15) is 6.33 Å². The van der Waals surface area contributed by atoms with Gasteiger partial charge in [-0.15, -0.1) is 5.10 Å². The summed E-state index contributed by atoms with van der Waals surface area (Å²) in [5.74, 6) is -0.0151. The zero-order chi connectivity index (χ0) is 16.3. The zero-order valence-corrected chi connectivity index (χ0v) is 13.2. The number of hydrogen-bond acceptors (Lipinski definition) is 5. The highest BCUT2D eigenvalue weighted by Crippen LogP contribution is 2.34. The molecule has 0 spiro atoms. The van der Waals surface area contributed by atoms with Crippen molar-refractivity contribution in [3.63, 3.8) is 0 Å². The van der Waals surface area contributed by atoms with E-state index < -0.39 is 0 Å². The lowest BCUT2D eigenvalue weighted by Gasteiger charge is -2.40. The van der Waals surface area contributed by atoms with Gasteiger partial charge in [0.15, 0.2) is 0 Å². The van der Waals surface area contributed by atoms with Crippen molar-refractivity contribution >= 4 is 5.91 Å². The standard InChI is InChI=1S/C16H21N5O2/c1-2-16(11-22)7-9-20(10-8-16)15(23)13-5-3-4-6-14(13)21-12-17-18-19-21/h3-6,12,22H,2,7-11H2,1H3. The second-order valence-corrected chi connectivity index (χ2v) is 6.08. The first kappa shape index (κ1) is 15.6. The Hall–Kier alpha value is -2.28. The smallest absolute Gasteiger partial charge is 0.256 e. The largest absolute Gasteiger partial charge is 0.396 e. The number of aromatic nitrogens is 4. The van der Waals surface area contributed by atoms with E-state index >= 15 is 0 Å². The summed E-state index contributed by atoms with van der Waals surface area (Å²) in [5.41, 5.74) is 1.23. The number of likely N-dealkylation sites (tertiary alicyclic amines) is 1. The fourth-order valence-electron chi connectivity index (χ4n) is 3.10. The highest BCUT2D eigenvalue weighted by atomic mass is 16.3. The van der Waals surface area contributed by atoms with Crippen molar-refractivity contribution in [3.8, 4) is 5.69 Å². The van der Waals surface area contributed by atoms with Crippen molar-refractivity contribution in [2.24, 2.45) is 5.41 Å². The Kier molecular flexibility index (Phi) is 4.38. The third-order valence-electron chi connectivity index (χ3n) is 4.93. The number of nitrogens with zero attached hydrogens (tertiary/aromatic N) is 5. The van der Waals surface area contributed by atoms with Crippen LogP contribution in [0.2, 0.25) is 0 Å². The van der Waals surface area contributed by atoms with E-state index in [0.717, 1.165) is 19.3 Å². The number of tetrazole rings is 1. The lowest BCUT2D eigenvalue weighted by Crippen LogP contribution is -2.44. The van der Waals surface area contributed by atoms with E-state index in [9.17, 15) is 9.90 Å². The number of aliphatic hydroxyl groups excluding tert-OH is 1. The number of benzene rings is 1. The summed E-state index contributed by atoms with van der Waals surface area (Å²) in [7, 11) is 0. The van der Waals surface area contributed by atoms with Gasteiger partial charge in [-0.1, -0.05) is 19.1 Å². The molecule has 0 bridgehead atoms. The molecule has 2 aromatic rings. The minimum atomic E-state index is -0.0356. The van der Waals surface area contributed by atoms with E-state index in [1.54, 1.807) is 6.07 Å². The number of amides is 1. The molecule has 1 aliphatic heterocycles. The molecule has 1 saturated heterocycles. The Balaban J connectivity index is 1.80. The molecule has 23 heavy (non-hydrogen) atoms. The van der Waals surface area contributed by atoms with E-state index in [1.165, 1.54) is 11.0 Å². The van der Waals surface area contributed by atoms with E-state index in [1.807, 2.05) is 23.1 Å². The van der Waals surface area contributed by atoms with E-state index in [4.69, 9.17) is 0 Å². The monoisotopic (exact) mass is 315 g/mol. The Morgan fingerprint density at radius 2 is 2.04 bits per heavy atom. The van der Waals surface area contributed by atoms with Gasteiger partial charge in [-0.3, -0.25) is 4.79 Å². The first-order chi connectivity index (χ1) is 11.2. The number of aliphatic hydroxyl groups is 1. The van der Waals surface area contributed by atoms with Crippen LogP contribution in [0.4, 0.5) is 0 Å². The SMILES string of the molecule is CCC1(CO)CCN(C(=O)c2ccccc2-n2cnnn2)CC1. The van der Waals surface area contributed by atoms with Gasteiger partial charge in [0.05, 0.1) is 11.3 Å². The molecular weight excluding hydrogens is 294 g/mol. The van der Waals surface area contributed by atoms with Crippen molar-refractivity contribution in [2.45, 2.75) is 26.2 Å². The molecule has 0 radical (unpaired) electrons. The Bertz CT molecular complexity index is 657. The maximum absolute atomic E-state index is 12.9. The summed E-state index contributed by atoms with van der Waals surface area (Å²) in [6, 6.07) is 7.33. The minimum absolute atomic E-state index is 0.0151. The molecular formula is C16H21N5O2. The molecule has 1 N–H and O–H groups in total. The number of rotatable bonds is 4. The summed E-state index contributed by atoms with van der Waals surface area (Å²) >= 11 is 0. The molecule has 1 fully saturated rings. The Morgan fingerprint density at radius 3 is 2.65 bits per heavy atom. The lowest BCUT2D eigenvalue weighted by atomic mass is 9.77. The summed E-state index contributed by atoms with van der Waals surface area (Å²) in [5, 5.41) is 20.8. The Morgan fingerprint density at radius 1 is 1.30 bits per heavy atom. The third-order valence-corrected chi connectivity index (χ3v) is 4.93. The maximum Gasteiger partial charge on any atom is 0.256 e. The van der Waals surface area contributed by atoms with Gasteiger partial charge in [0.2, 0.25) is 0 Å². The van der Waals surface area contributed by atoms with E-state index in [0.29, 0.717) is 24.3 Å². The van der Waals surface area contributed by atoms with Crippen LogP contribution in [0.5, 0.6) is 0 Å². The summed E-state index contributed by atoms with van der Waals surface area (Å²) in [6.45, 7) is 3.61. The average molecular weight is 315 g/mol. The van der Waals surface area contributed by atoms with E-state index in [2.05, 4.69) is 22.4 Å². The second kappa shape index (κ2) is 6.45. The molecule has 1 amide bonds. The normalized spacial score (nSPS) is 17.2. The quantitative estimate of drug-likeness (QED) is 0.919. The average Bonchev–Trinajstić information content (AvgIpc) is 3.16. The van der Waals surface area contributed by atoms with Crippen LogP contribution in [-0.4, -0.2) is 55.8 Å². The fraction of sp³-hybridized carbons (Fsp3) is 0.500. The summed E-state index contributed by atoms with van der Waals surface area (Å²) in [4.78, 5) is 14.7. The fourth-order valence-corrected chi connectivity index (χ4v) is 3.10. The molecule has 2 heterocycles. The van der Waals surface area contributed by atoms with Crippen LogP contribution in [0.3, 0.4) is 0 Å². The van der Waals surface area contributed by atoms with Crippen molar-refractivity contribution in [2.75, 3.05) is 19.7 Å². The number of para-hydroxylation sites is 1. The number of piperidine rings is 1. The molecule has 0 unspecified atom stereocenters. The van der Waals surface area contributed by atoms with Crippen LogP contribution in [0.15, 0.2) is 30.6 Å². The van der Waals surface area contributed by atoms with Crippen LogP contribution in [0.1, 0.15) is 36.5 Å². The van der Waals surface area contributed by atoms with Gasteiger partial charge in [0.25, 0.3) is 5.91 Å². The predicted octanol–water partition coefficient (Wildman–Crippen LogP) is 1.29. The summed E-state index contributed by atoms with van der Waals surface area (Å²) in [6.07, 6.45) is 4.08. The molecule has 0 aliphatic carbocycles. The van der Waals surface area contributed by atoms with Gasteiger partial charge in [-0.2, -0.15) is 4.68 Å². The first-order valence-corrected chi connectivity index (χ1v) is 7.92. The van der Waals surface area contributed by atoms with Crippen LogP contribution < -0.4 is 0 Å². The molecule has 7 nitrogen and oxygen atoms in total. The van der Waals surface area contributed by atoms with E-state index in [-0.39, 0.29) is 17.9 Å². The van der Waals surface area contributed by atoms with Crippen molar-refractivity contribution in [3.05, 3.63) is 36.2 Å². The van der Waals surface area contributed by atoms with Crippen LogP contribution in [0, 0.1) is 5.41 Å². The van der Waals surface area contributed by atoms with Crippen LogP contribution >= 0.6 is 0 Å².